The van der Waals surface area contributed by atoms with Gasteiger partial charge in [-0.05, 0) is 47.4 Å². The molecule has 0 saturated carbocycles. The number of phenolic OH excluding ortho intramolecular Hbond substituents is 1. The summed E-state index contributed by atoms with van der Waals surface area (Å²) in [7, 11) is 0. The Morgan fingerprint density at radius 2 is 1.81 bits per heavy atom. The van der Waals surface area contributed by atoms with Crippen LogP contribution in [-0.4, -0.2) is 45.4 Å². The lowest BCUT2D eigenvalue weighted by molar-refractivity contribution is -0.0339. The number of likely N-dealkylation sites (tertiary alicyclic amines) is 1. The molecule has 1 N–H and O–H groups in total. The Bertz CT molecular complexity index is 697. The van der Waals surface area contributed by atoms with E-state index < -0.39 is 17.1 Å². The Morgan fingerprint density at radius 3 is 2.50 bits per heavy atom. The summed E-state index contributed by atoms with van der Waals surface area (Å²) in [6, 6.07) is 15.6. The maximum absolute atomic E-state index is 14.3. The molecule has 2 unspecified atom stereocenters. The summed E-state index contributed by atoms with van der Waals surface area (Å²) in [6.07, 6.45) is 0.812. The third kappa shape index (κ3) is 5.19. The Kier molecular flexibility index (Phi) is 6.16. The number of benzene rings is 2. The molecule has 1 saturated heterocycles. The normalized spacial score (nSPS) is 19.6. The third-order valence-corrected chi connectivity index (χ3v) is 6.41. The van der Waals surface area contributed by atoms with Gasteiger partial charge in [-0.25, -0.2) is 8.78 Å². The van der Waals surface area contributed by atoms with E-state index in [0.29, 0.717) is 30.8 Å². The zero-order valence-corrected chi connectivity index (χ0v) is 15.3. The standard InChI is InChI=1S/C20H23F2NO2S/c21-20(22,12-10-16-4-2-1-3-5-16)15-23-13-11-19(14-23)26(25)18-8-6-17(24)7-9-18/h1-9,19,24H,10-15H2. The molecule has 0 radical (unpaired) electrons. The summed E-state index contributed by atoms with van der Waals surface area (Å²) in [5.41, 5.74) is 0.917. The van der Waals surface area contributed by atoms with Crippen molar-refractivity contribution >= 4 is 11.2 Å². The molecule has 2 aromatic carbocycles. The number of hydrogen-bond acceptors (Lipinski definition) is 3. The molecule has 0 aliphatic carbocycles. The molecule has 0 spiro atoms. The first-order valence-electron chi connectivity index (χ1n) is 8.77. The van der Waals surface area contributed by atoms with Gasteiger partial charge in [0.1, 0.15) is 11.0 Å². The number of aromatic hydroxyl groups is 1. The molecule has 1 aliphatic heterocycles. The van der Waals surface area contributed by atoms with E-state index in [-0.39, 0.29) is 24.0 Å². The highest BCUT2D eigenvalue weighted by atomic mass is 32.2. The average Bonchev–Trinajstić information content (AvgIpc) is 3.09. The van der Waals surface area contributed by atoms with Crippen molar-refractivity contribution in [1.29, 1.82) is 0 Å². The number of hydrogen-bond donors (Lipinski definition) is 1. The van der Waals surface area contributed by atoms with Crippen LogP contribution in [0, 0.1) is 0 Å². The van der Waals surface area contributed by atoms with Crippen LogP contribution in [0.15, 0.2) is 59.5 Å². The largest absolute Gasteiger partial charge is 0.611 e. The molecule has 2 aromatic rings. The van der Waals surface area contributed by atoms with Crippen molar-refractivity contribution in [2.24, 2.45) is 0 Å². The smallest absolute Gasteiger partial charge is 0.260 e. The van der Waals surface area contributed by atoms with Gasteiger partial charge in [0, 0.05) is 25.9 Å². The van der Waals surface area contributed by atoms with Crippen molar-refractivity contribution in [3.8, 4) is 5.75 Å². The average molecular weight is 379 g/mol. The van der Waals surface area contributed by atoms with Gasteiger partial charge in [-0.2, -0.15) is 0 Å². The fourth-order valence-electron chi connectivity index (χ4n) is 3.27. The molecule has 3 nitrogen and oxygen atoms in total. The van der Waals surface area contributed by atoms with E-state index in [0.717, 1.165) is 5.56 Å². The monoisotopic (exact) mass is 379 g/mol. The van der Waals surface area contributed by atoms with Crippen LogP contribution >= 0.6 is 0 Å². The van der Waals surface area contributed by atoms with Gasteiger partial charge in [0.15, 0.2) is 4.90 Å². The number of aryl methyl sites for hydroxylation is 1. The molecule has 3 rings (SSSR count). The molecule has 0 amide bonds. The minimum Gasteiger partial charge on any atom is -0.611 e. The molecule has 6 heteroatoms. The lowest BCUT2D eigenvalue weighted by Gasteiger charge is -2.24. The lowest BCUT2D eigenvalue weighted by Crippen LogP contribution is -2.37. The Balaban J connectivity index is 1.50. The van der Waals surface area contributed by atoms with Crippen LogP contribution in [0.4, 0.5) is 8.78 Å². The summed E-state index contributed by atoms with van der Waals surface area (Å²) in [6.45, 7) is 0.660. The second kappa shape index (κ2) is 8.37. The molecular formula is C20H23F2NO2S. The molecule has 2 atom stereocenters. The van der Waals surface area contributed by atoms with Crippen molar-refractivity contribution in [3.63, 3.8) is 0 Å². The van der Waals surface area contributed by atoms with Crippen LogP contribution in [0.5, 0.6) is 5.75 Å². The predicted molar refractivity (Wildman–Crippen MR) is 99.1 cm³/mol. The van der Waals surface area contributed by atoms with Crippen LogP contribution in [0.25, 0.3) is 0 Å². The van der Waals surface area contributed by atoms with Gasteiger partial charge in [-0.15, -0.1) is 0 Å². The van der Waals surface area contributed by atoms with Crippen LogP contribution in [0.3, 0.4) is 0 Å². The van der Waals surface area contributed by atoms with Crippen LogP contribution in [-0.2, 0) is 17.6 Å². The van der Waals surface area contributed by atoms with Gasteiger partial charge >= 0.3 is 0 Å². The van der Waals surface area contributed by atoms with E-state index in [9.17, 15) is 18.4 Å². The number of halogens is 2. The Hall–Kier alpha value is -1.63. The summed E-state index contributed by atoms with van der Waals surface area (Å²) < 4.78 is 41.2. The van der Waals surface area contributed by atoms with Gasteiger partial charge in [0.2, 0.25) is 0 Å². The highest BCUT2D eigenvalue weighted by Gasteiger charge is 2.38. The highest BCUT2D eigenvalue weighted by Crippen LogP contribution is 2.29. The maximum Gasteiger partial charge on any atom is 0.260 e. The highest BCUT2D eigenvalue weighted by molar-refractivity contribution is 7.92. The van der Waals surface area contributed by atoms with Crippen molar-refractivity contribution in [2.45, 2.75) is 35.3 Å². The fourth-order valence-corrected chi connectivity index (χ4v) is 4.72. The number of alkyl halides is 2. The Morgan fingerprint density at radius 1 is 1.12 bits per heavy atom. The quantitative estimate of drug-likeness (QED) is 0.744. The second-order valence-corrected chi connectivity index (χ2v) is 8.51. The van der Waals surface area contributed by atoms with Gasteiger partial charge in [-0.3, -0.25) is 4.90 Å². The minimum absolute atomic E-state index is 0.122. The first-order valence-corrected chi connectivity index (χ1v) is 9.98. The van der Waals surface area contributed by atoms with Crippen molar-refractivity contribution in [1.82, 2.24) is 4.90 Å². The van der Waals surface area contributed by atoms with Gasteiger partial charge in [0.25, 0.3) is 5.92 Å². The minimum atomic E-state index is -2.76. The molecule has 1 aliphatic rings. The second-order valence-electron chi connectivity index (χ2n) is 6.78. The van der Waals surface area contributed by atoms with E-state index in [1.807, 2.05) is 30.3 Å². The summed E-state index contributed by atoms with van der Waals surface area (Å²) >= 11 is -1.25. The first-order chi connectivity index (χ1) is 12.4. The van der Waals surface area contributed by atoms with E-state index in [2.05, 4.69) is 0 Å². The van der Waals surface area contributed by atoms with Crippen LogP contribution in [0.2, 0.25) is 0 Å². The molecular weight excluding hydrogens is 356 g/mol. The molecule has 1 fully saturated rings. The molecule has 140 valence electrons. The van der Waals surface area contributed by atoms with Crippen molar-refractivity contribution in [3.05, 3.63) is 60.2 Å². The van der Waals surface area contributed by atoms with Gasteiger partial charge in [-0.1, -0.05) is 30.3 Å². The summed E-state index contributed by atoms with van der Waals surface area (Å²) in [5, 5.41) is 9.17. The van der Waals surface area contributed by atoms with E-state index in [1.165, 1.54) is 12.1 Å². The fraction of sp³-hybridized carbons (Fsp3) is 0.400. The van der Waals surface area contributed by atoms with E-state index >= 15 is 0 Å². The number of rotatable bonds is 7. The maximum atomic E-state index is 14.3. The predicted octanol–water partition coefficient (Wildman–Crippen LogP) is 3.84. The zero-order valence-electron chi connectivity index (χ0n) is 14.5. The SMILES string of the molecule is [O-][S+](c1ccc(O)cc1)C1CCN(CC(F)(F)CCc2ccccc2)C1. The molecule has 1 heterocycles. The van der Waals surface area contributed by atoms with Crippen LogP contribution < -0.4 is 0 Å². The molecule has 0 aromatic heterocycles. The first kappa shape index (κ1) is 19.1. The topological polar surface area (TPSA) is 46.5 Å². The van der Waals surface area contributed by atoms with Gasteiger partial charge < -0.3 is 9.66 Å². The van der Waals surface area contributed by atoms with E-state index in [4.69, 9.17) is 0 Å². The van der Waals surface area contributed by atoms with Crippen molar-refractivity contribution < 1.29 is 18.4 Å². The Labute approximate surface area is 155 Å². The van der Waals surface area contributed by atoms with Crippen LogP contribution in [0.1, 0.15) is 18.4 Å². The molecule has 0 bridgehead atoms. The summed E-state index contributed by atoms with van der Waals surface area (Å²) in [5.74, 6) is -2.64. The zero-order chi connectivity index (χ0) is 18.6. The van der Waals surface area contributed by atoms with Gasteiger partial charge in [0.05, 0.1) is 6.54 Å². The van der Waals surface area contributed by atoms with Crippen molar-refractivity contribution in [2.75, 3.05) is 19.6 Å². The number of nitrogens with zero attached hydrogens (tertiary/aromatic N) is 1. The summed E-state index contributed by atoms with van der Waals surface area (Å²) in [4.78, 5) is 2.35. The number of phenols is 1. The third-order valence-electron chi connectivity index (χ3n) is 4.68. The molecule has 26 heavy (non-hydrogen) atoms. The van der Waals surface area contributed by atoms with E-state index in [1.54, 1.807) is 17.0 Å². The lowest BCUT2D eigenvalue weighted by atomic mass is 10.1.